The molecule has 1 fully saturated rings. The van der Waals surface area contributed by atoms with Crippen LogP contribution < -0.4 is 5.32 Å². The van der Waals surface area contributed by atoms with Crippen molar-refractivity contribution in [2.45, 2.75) is 12.4 Å². The fraction of sp³-hybridized carbons (Fsp3) is 0.364. The third-order valence-corrected chi connectivity index (χ3v) is 5.31. The van der Waals surface area contributed by atoms with Crippen LogP contribution >= 0.6 is 0 Å². The van der Waals surface area contributed by atoms with Gasteiger partial charge < -0.3 is 10.2 Å². The van der Waals surface area contributed by atoms with Crippen LogP contribution in [0.4, 0.5) is 30.7 Å². The van der Waals surface area contributed by atoms with Crippen molar-refractivity contribution in [2.75, 3.05) is 39.3 Å². The maximum Gasteiger partial charge on any atom is 0.416 e. The van der Waals surface area contributed by atoms with E-state index in [1.165, 1.54) is 17.0 Å². The molecule has 1 aliphatic rings. The lowest BCUT2D eigenvalue weighted by atomic mass is 10.0. The number of nitrogens with one attached hydrogen (secondary N) is 1. The fourth-order valence-electron chi connectivity index (χ4n) is 3.47. The lowest BCUT2D eigenvalue weighted by molar-refractivity contribution is -0.143. The molecule has 0 unspecified atom stereocenters. The summed E-state index contributed by atoms with van der Waals surface area (Å²) in [6, 6.07) is 5.83. The van der Waals surface area contributed by atoms with Gasteiger partial charge in [0.1, 0.15) is 5.82 Å². The number of piperazine rings is 1. The predicted octanol–water partition coefficient (Wildman–Crippen LogP) is 4.05. The van der Waals surface area contributed by atoms with Crippen LogP contribution in [0.1, 0.15) is 31.8 Å². The monoisotopic (exact) mass is 491 g/mol. The molecule has 0 aliphatic carbocycles. The Morgan fingerprint density at radius 3 is 1.82 bits per heavy atom. The van der Waals surface area contributed by atoms with Crippen molar-refractivity contribution in [2.24, 2.45) is 0 Å². The van der Waals surface area contributed by atoms with Crippen molar-refractivity contribution >= 4 is 11.8 Å². The quantitative estimate of drug-likeness (QED) is 0.643. The maximum atomic E-state index is 13.0. The fourth-order valence-corrected chi connectivity index (χ4v) is 3.47. The number of carbonyl (C=O) groups is 2. The normalized spacial score (nSPS) is 15.3. The van der Waals surface area contributed by atoms with Crippen molar-refractivity contribution in [1.82, 2.24) is 15.1 Å². The minimum atomic E-state index is -5.03. The molecule has 1 aliphatic heterocycles. The molecule has 0 atom stereocenters. The van der Waals surface area contributed by atoms with Gasteiger partial charge in [0.05, 0.1) is 11.1 Å². The van der Waals surface area contributed by atoms with Crippen molar-refractivity contribution in [1.29, 1.82) is 0 Å². The number of benzene rings is 2. The van der Waals surface area contributed by atoms with E-state index in [0.717, 1.165) is 12.1 Å². The first-order chi connectivity index (χ1) is 15.8. The van der Waals surface area contributed by atoms with Gasteiger partial charge in [-0.3, -0.25) is 14.5 Å². The van der Waals surface area contributed by atoms with Crippen molar-refractivity contribution < 1.29 is 40.3 Å². The molecule has 5 nitrogen and oxygen atoms in total. The van der Waals surface area contributed by atoms with E-state index in [0.29, 0.717) is 31.8 Å². The second-order valence-electron chi connectivity index (χ2n) is 7.69. The average molecular weight is 491 g/mol. The lowest BCUT2D eigenvalue weighted by Crippen LogP contribution is -2.50. The van der Waals surface area contributed by atoms with E-state index >= 15 is 0 Å². The SMILES string of the molecule is O=C(NCCN1CCN(C(=O)c2cc(C(F)(F)F)cc(C(F)(F)F)c2)CC1)c1ccc(F)cc1. The summed E-state index contributed by atoms with van der Waals surface area (Å²) >= 11 is 0. The largest absolute Gasteiger partial charge is 0.416 e. The van der Waals surface area contributed by atoms with E-state index in [4.69, 9.17) is 0 Å². The summed E-state index contributed by atoms with van der Waals surface area (Å²) in [5.74, 6) is -1.77. The molecule has 3 rings (SSSR count). The highest BCUT2D eigenvalue weighted by atomic mass is 19.4. The third kappa shape index (κ3) is 6.46. The Kier molecular flexibility index (Phi) is 7.49. The Balaban J connectivity index is 1.56. The Morgan fingerprint density at radius 1 is 0.794 bits per heavy atom. The maximum absolute atomic E-state index is 13.0. The molecule has 34 heavy (non-hydrogen) atoms. The highest BCUT2D eigenvalue weighted by molar-refractivity contribution is 5.95. The van der Waals surface area contributed by atoms with Gasteiger partial charge in [0, 0.05) is 50.4 Å². The van der Waals surface area contributed by atoms with E-state index in [-0.39, 0.29) is 37.2 Å². The summed E-state index contributed by atoms with van der Waals surface area (Å²) < 4.78 is 91.2. The molecule has 0 spiro atoms. The highest BCUT2D eigenvalue weighted by Crippen LogP contribution is 2.36. The molecule has 0 saturated carbocycles. The molecule has 2 aromatic carbocycles. The first-order valence-electron chi connectivity index (χ1n) is 10.2. The van der Waals surface area contributed by atoms with Crippen LogP contribution in [0.5, 0.6) is 0 Å². The third-order valence-electron chi connectivity index (χ3n) is 5.31. The van der Waals surface area contributed by atoms with Crippen LogP contribution in [0.15, 0.2) is 42.5 Å². The standard InChI is InChI=1S/C22H20F7N3O2/c23-18-3-1-14(2-4-18)19(33)30-5-6-31-7-9-32(10-8-31)20(34)15-11-16(21(24,25)26)13-17(12-15)22(27,28)29/h1-4,11-13H,5-10H2,(H,30,33). The van der Waals surface area contributed by atoms with Crippen molar-refractivity contribution in [3.05, 3.63) is 70.5 Å². The van der Waals surface area contributed by atoms with Gasteiger partial charge in [-0.15, -0.1) is 0 Å². The van der Waals surface area contributed by atoms with Crippen LogP contribution in [-0.4, -0.2) is 60.9 Å². The Bertz CT molecular complexity index is 996. The molecular formula is C22H20F7N3O2. The number of amides is 2. The summed E-state index contributed by atoms with van der Waals surface area (Å²) in [6.07, 6.45) is -10.1. The molecule has 0 radical (unpaired) electrons. The molecule has 2 aromatic rings. The summed E-state index contributed by atoms with van der Waals surface area (Å²) in [5.41, 5.74) is -3.47. The molecular weight excluding hydrogens is 471 g/mol. The van der Waals surface area contributed by atoms with Crippen LogP contribution in [0, 0.1) is 5.82 Å². The van der Waals surface area contributed by atoms with Gasteiger partial charge in [-0.05, 0) is 42.5 Å². The van der Waals surface area contributed by atoms with E-state index in [9.17, 15) is 40.3 Å². The van der Waals surface area contributed by atoms with Crippen LogP contribution in [0.3, 0.4) is 0 Å². The minimum Gasteiger partial charge on any atom is -0.351 e. The molecule has 1 heterocycles. The van der Waals surface area contributed by atoms with Crippen LogP contribution in [-0.2, 0) is 12.4 Å². The number of alkyl halides is 6. The zero-order valence-corrected chi connectivity index (χ0v) is 17.6. The number of halogens is 7. The zero-order valence-electron chi connectivity index (χ0n) is 17.6. The second kappa shape index (κ2) is 10.00. The van der Waals surface area contributed by atoms with E-state index in [1.54, 1.807) is 0 Å². The topological polar surface area (TPSA) is 52.7 Å². The molecule has 0 aromatic heterocycles. The molecule has 0 bridgehead atoms. The summed E-state index contributed by atoms with van der Waals surface area (Å²) in [7, 11) is 0. The van der Waals surface area contributed by atoms with Gasteiger partial charge in [0.2, 0.25) is 0 Å². The van der Waals surface area contributed by atoms with E-state index in [1.807, 2.05) is 4.90 Å². The zero-order chi connectivity index (χ0) is 25.1. The molecule has 12 heteroatoms. The van der Waals surface area contributed by atoms with Crippen LogP contribution in [0.25, 0.3) is 0 Å². The lowest BCUT2D eigenvalue weighted by Gasteiger charge is -2.35. The smallest absolute Gasteiger partial charge is 0.351 e. The average Bonchev–Trinajstić information content (AvgIpc) is 2.78. The minimum absolute atomic E-state index is 0.0189. The van der Waals surface area contributed by atoms with Crippen molar-refractivity contribution in [3.8, 4) is 0 Å². The van der Waals surface area contributed by atoms with Gasteiger partial charge in [0.15, 0.2) is 0 Å². The molecule has 1 N–H and O–H groups in total. The van der Waals surface area contributed by atoms with E-state index in [2.05, 4.69) is 5.32 Å². The Morgan fingerprint density at radius 2 is 1.32 bits per heavy atom. The number of hydrogen-bond donors (Lipinski definition) is 1. The molecule has 2 amide bonds. The summed E-state index contributed by atoms with van der Waals surface area (Å²) in [4.78, 5) is 27.8. The number of nitrogens with zero attached hydrogens (tertiary/aromatic N) is 2. The predicted molar refractivity (Wildman–Crippen MR) is 108 cm³/mol. The van der Waals surface area contributed by atoms with E-state index < -0.39 is 40.8 Å². The summed E-state index contributed by atoms with van der Waals surface area (Å²) in [6.45, 7) is 1.51. The van der Waals surface area contributed by atoms with Gasteiger partial charge in [-0.25, -0.2) is 4.39 Å². The summed E-state index contributed by atoms with van der Waals surface area (Å²) in [5, 5.41) is 2.67. The van der Waals surface area contributed by atoms with Crippen LogP contribution in [0.2, 0.25) is 0 Å². The first kappa shape index (κ1) is 25.5. The van der Waals surface area contributed by atoms with Gasteiger partial charge in [-0.1, -0.05) is 0 Å². The number of hydrogen-bond acceptors (Lipinski definition) is 3. The van der Waals surface area contributed by atoms with Gasteiger partial charge in [0.25, 0.3) is 11.8 Å². The number of rotatable bonds is 5. The second-order valence-corrected chi connectivity index (χ2v) is 7.69. The number of carbonyl (C=O) groups excluding carboxylic acids is 2. The molecule has 1 saturated heterocycles. The Hall–Kier alpha value is -3.15. The van der Waals surface area contributed by atoms with Gasteiger partial charge >= 0.3 is 12.4 Å². The molecule has 184 valence electrons. The Labute approximate surface area is 190 Å². The van der Waals surface area contributed by atoms with Crippen molar-refractivity contribution in [3.63, 3.8) is 0 Å². The first-order valence-corrected chi connectivity index (χ1v) is 10.2. The highest BCUT2D eigenvalue weighted by Gasteiger charge is 2.38. The van der Waals surface area contributed by atoms with Gasteiger partial charge in [-0.2, -0.15) is 26.3 Å².